The highest BCUT2D eigenvalue weighted by Crippen LogP contribution is 2.30. The lowest BCUT2D eigenvalue weighted by Crippen LogP contribution is -1.86. The number of pyridine rings is 1. The molecule has 0 aliphatic carbocycles. The third kappa shape index (κ3) is 1.87. The van der Waals surface area contributed by atoms with Crippen molar-refractivity contribution in [2.24, 2.45) is 0 Å². The first-order valence-electron chi connectivity index (χ1n) is 5.86. The molecule has 0 saturated carbocycles. The molecule has 0 aliphatic heterocycles. The van der Waals surface area contributed by atoms with Crippen LogP contribution in [0.4, 0.5) is 0 Å². The molecule has 1 heterocycles. The fraction of sp³-hybridized carbons (Fsp3) is 0.0625. The number of nitrogens with zero attached hydrogens (tertiary/aromatic N) is 1. The predicted molar refractivity (Wildman–Crippen MR) is 76.9 cm³/mol. The Morgan fingerprint density at radius 2 is 1.78 bits per heavy atom. The van der Waals surface area contributed by atoms with E-state index in [2.05, 4.69) is 42.2 Å². The second-order valence-corrected chi connectivity index (χ2v) is 4.77. The standard InChI is InChI=1S/C16H12ClN/c1-11-4-2-3-5-13(11)14-8-9-18-16-10-12(17)6-7-15(14)16/h2-10H,1H3. The maximum absolute atomic E-state index is 6.01. The molecule has 2 aromatic carbocycles. The number of benzene rings is 2. The molecule has 0 N–H and O–H groups in total. The average Bonchev–Trinajstić information content (AvgIpc) is 2.38. The summed E-state index contributed by atoms with van der Waals surface area (Å²) in [5.41, 5.74) is 4.64. The van der Waals surface area contributed by atoms with Crippen LogP contribution in [0.1, 0.15) is 5.56 Å². The minimum atomic E-state index is 0.719. The summed E-state index contributed by atoms with van der Waals surface area (Å²) in [6, 6.07) is 16.3. The Kier molecular flexibility index (Phi) is 2.77. The van der Waals surface area contributed by atoms with Gasteiger partial charge in [0.15, 0.2) is 0 Å². The Balaban J connectivity index is 2.33. The zero-order valence-corrected chi connectivity index (χ0v) is 10.8. The van der Waals surface area contributed by atoms with Gasteiger partial charge in [-0.25, -0.2) is 0 Å². The van der Waals surface area contributed by atoms with Crippen LogP contribution >= 0.6 is 11.6 Å². The van der Waals surface area contributed by atoms with E-state index in [1.54, 1.807) is 0 Å². The van der Waals surface area contributed by atoms with Crippen LogP contribution < -0.4 is 0 Å². The molecule has 3 rings (SSSR count). The molecule has 1 aromatic heterocycles. The van der Waals surface area contributed by atoms with E-state index in [4.69, 9.17) is 11.6 Å². The Labute approximate surface area is 111 Å². The van der Waals surface area contributed by atoms with Gasteiger partial charge in [0.25, 0.3) is 0 Å². The molecule has 0 fully saturated rings. The fourth-order valence-electron chi connectivity index (χ4n) is 2.23. The molecule has 0 spiro atoms. The van der Waals surface area contributed by atoms with Crippen molar-refractivity contribution in [2.75, 3.05) is 0 Å². The van der Waals surface area contributed by atoms with Crippen molar-refractivity contribution in [1.82, 2.24) is 4.98 Å². The fourth-order valence-corrected chi connectivity index (χ4v) is 2.40. The van der Waals surface area contributed by atoms with Crippen molar-refractivity contribution in [3.63, 3.8) is 0 Å². The van der Waals surface area contributed by atoms with Crippen molar-refractivity contribution in [2.45, 2.75) is 6.92 Å². The molecule has 0 aliphatic rings. The molecule has 1 nitrogen and oxygen atoms in total. The maximum Gasteiger partial charge on any atom is 0.0723 e. The van der Waals surface area contributed by atoms with Gasteiger partial charge >= 0.3 is 0 Å². The molecule has 0 atom stereocenters. The van der Waals surface area contributed by atoms with E-state index >= 15 is 0 Å². The van der Waals surface area contributed by atoms with E-state index in [-0.39, 0.29) is 0 Å². The third-order valence-electron chi connectivity index (χ3n) is 3.14. The van der Waals surface area contributed by atoms with Crippen LogP contribution in [0.3, 0.4) is 0 Å². The summed E-state index contributed by atoms with van der Waals surface area (Å²) in [5, 5.41) is 1.85. The first kappa shape index (κ1) is 11.2. The molecule has 0 bridgehead atoms. The summed E-state index contributed by atoms with van der Waals surface area (Å²) in [7, 11) is 0. The van der Waals surface area contributed by atoms with E-state index < -0.39 is 0 Å². The summed E-state index contributed by atoms with van der Waals surface area (Å²) in [5.74, 6) is 0. The summed E-state index contributed by atoms with van der Waals surface area (Å²) in [4.78, 5) is 4.37. The lowest BCUT2D eigenvalue weighted by Gasteiger charge is -2.09. The summed E-state index contributed by atoms with van der Waals surface area (Å²) in [6.45, 7) is 2.12. The van der Waals surface area contributed by atoms with Crippen molar-refractivity contribution in [1.29, 1.82) is 0 Å². The summed E-state index contributed by atoms with van der Waals surface area (Å²) < 4.78 is 0. The van der Waals surface area contributed by atoms with Crippen molar-refractivity contribution < 1.29 is 0 Å². The van der Waals surface area contributed by atoms with Crippen molar-refractivity contribution in [3.05, 3.63) is 65.3 Å². The van der Waals surface area contributed by atoms with Crippen LogP contribution in [0, 0.1) is 6.92 Å². The number of rotatable bonds is 1. The summed E-state index contributed by atoms with van der Waals surface area (Å²) >= 11 is 6.01. The molecular formula is C16H12ClN. The lowest BCUT2D eigenvalue weighted by atomic mass is 9.98. The largest absolute Gasteiger partial charge is 0.256 e. The zero-order valence-electron chi connectivity index (χ0n) is 10.0. The van der Waals surface area contributed by atoms with E-state index in [1.807, 2.05) is 24.4 Å². The SMILES string of the molecule is Cc1ccccc1-c1ccnc2cc(Cl)ccc12. The van der Waals surface area contributed by atoms with Crippen LogP contribution in [0.15, 0.2) is 54.7 Å². The molecule has 0 amide bonds. The average molecular weight is 254 g/mol. The predicted octanol–water partition coefficient (Wildman–Crippen LogP) is 4.86. The van der Waals surface area contributed by atoms with Gasteiger partial charge in [0.2, 0.25) is 0 Å². The normalized spacial score (nSPS) is 10.8. The monoisotopic (exact) mass is 253 g/mol. The van der Waals surface area contributed by atoms with Crippen LogP contribution in [0.5, 0.6) is 0 Å². The zero-order chi connectivity index (χ0) is 12.5. The van der Waals surface area contributed by atoms with Crippen molar-refractivity contribution in [3.8, 4) is 11.1 Å². The van der Waals surface area contributed by atoms with Gasteiger partial charge < -0.3 is 0 Å². The Bertz CT molecular complexity index is 719. The lowest BCUT2D eigenvalue weighted by molar-refractivity contribution is 1.40. The molecular weight excluding hydrogens is 242 g/mol. The molecule has 0 saturated heterocycles. The van der Waals surface area contributed by atoms with Crippen LogP contribution in [0.2, 0.25) is 5.02 Å². The van der Waals surface area contributed by atoms with Gasteiger partial charge in [-0.3, -0.25) is 4.98 Å². The second kappa shape index (κ2) is 4.43. The van der Waals surface area contributed by atoms with E-state index in [1.165, 1.54) is 16.7 Å². The number of hydrogen-bond donors (Lipinski definition) is 0. The van der Waals surface area contributed by atoms with Gasteiger partial charge in [0.1, 0.15) is 0 Å². The van der Waals surface area contributed by atoms with E-state index in [0.717, 1.165) is 15.9 Å². The Morgan fingerprint density at radius 3 is 2.61 bits per heavy atom. The van der Waals surface area contributed by atoms with Gasteiger partial charge in [-0.05, 0) is 41.8 Å². The third-order valence-corrected chi connectivity index (χ3v) is 3.38. The number of aromatic nitrogens is 1. The summed E-state index contributed by atoms with van der Waals surface area (Å²) in [6.07, 6.45) is 1.83. The highest BCUT2D eigenvalue weighted by atomic mass is 35.5. The minimum Gasteiger partial charge on any atom is -0.256 e. The first-order valence-corrected chi connectivity index (χ1v) is 6.24. The van der Waals surface area contributed by atoms with Gasteiger partial charge in [-0.15, -0.1) is 0 Å². The van der Waals surface area contributed by atoms with Gasteiger partial charge in [0.05, 0.1) is 5.52 Å². The number of aryl methyl sites for hydroxylation is 1. The number of fused-ring (bicyclic) bond motifs is 1. The molecule has 88 valence electrons. The molecule has 3 aromatic rings. The highest BCUT2D eigenvalue weighted by Gasteiger charge is 2.06. The topological polar surface area (TPSA) is 12.9 Å². The van der Waals surface area contributed by atoms with Crippen LogP contribution in [0.25, 0.3) is 22.0 Å². The van der Waals surface area contributed by atoms with Gasteiger partial charge in [0, 0.05) is 16.6 Å². The Morgan fingerprint density at radius 1 is 0.944 bits per heavy atom. The smallest absolute Gasteiger partial charge is 0.0723 e. The molecule has 2 heteroatoms. The Hall–Kier alpha value is -1.86. The number of halogens is 1. The maximum atomic E-state index is 6.01. The molecule has 0 radical (unpaired) electrons. The van der Waals surface area contributed by atoms with Crippen LogP contribution in [-0.4, -0.2) is 4.98 Å². The quantitative estimate of drug-likeness (QED) is 0.603. The minimum absolute atomic E-state index is 0.719. The first-order chi connectivity index (χ1) is 8.75. The highest BCUT2D eigenvalue weighted by molar-refractivity contribution is 6.31. The second-order valence-electron chi connectivity index (χ2n) is 4.33. The molecule has 18 heavy (non-hydrogen) atoms. The van der Waals surface area contributed by atoms with Crippen LogP contribution in [-0.2, 0) is 0 Å². The molecule has 0 unspecified atom stereocenters. The van der Waals surface area contributed by atoms with Gasteiger partial charge in [-0.2, -0.15) is 0 Å². The van der Waals surface area contributed by atoms with Crippen molar-refractivity contribution >= 4 is 22.5 Å². The van der Waals surface area contributed by atoms with E-state index in [9.17, 15) is 0 Å². The van der Waals surface area contributed by atoms with Gasteiger partial charge in [-0.1, -0.05) is 41.9 Å². The van der Waals surface area contributed by atoms with E-state index in [0.29, 0.717) is 0 Å². The number of hydrogen-bond acceptors (Lipinski definition) is 1.